The van der Waals surface area contributed by atoms with Gasteiger partial charge in [0.1, 0.15) is 17.4 Å². The predicted octanol–water partition coefficient (Wildman–Crippen LogP) is 1.38. The van der Waals surface area contributed by atoms with Crippen LogP contribution in [0.15, 0.2) is 12.5 Å². The maximum Gasteiger partial charge on any atom is 0.223 e. The van der Waals surface area contributed by atoms with E-state index in [1.54, 1.807) is 6.20 Å². The molecule has 0 bridgehead atoms. The molecule has 0 fully saturated rings. The number of fused-ring (bicyclic) bond motifs is 1. The number of nitrogens with zero attached hydrogens (tertiary/aromatic N) is 4. The fourth-order valence-electron chi connectivity index (χ4n) is 0.999. The first kappa shape index (κ1) is 7.36. The molecule has 0 saturated carbocycles. The van der Waals surface area contributed by atoms with Crippen molar-refractivity contribution < 1.29 is 0 Å². The van der Waals surface area contributed by atoms with Crippen molar-refractivity contribution in [2.24, 2.45) is 0 Å². The smallest absolute Gasteiger partial charge is 0.223 e. The van der Waals surface area contributed by atoms with Gasteiger partial charge in [-0.2, -0.15) is 0 Å². The van der Waals surface area contributed by atoms with Crippen LogP contribution in [-0.4, -0.2) is 19.9 Å². The van der Waals surface area contributed by atoms with Crippen LogP contribution in [0.25, 0.3) is 11.0 Å². The third-order valence-electron chi connectivity index (χ3n) is 1.51. The minimum atomic E-state index is 0.231. The molecular formula is C7H5ClN4. The summed E-state index contributed by atoms with van der Waals surface area (Å²) in [6.07, 6.45) is 3.08. The van der Waals surface area contributed by atoms with Crippen LogP contribution < -0.4 is 0 Å². The van der Waals surface area contributed by atoms with Gasteiger partial charge in [-0.15, -0.1) is 0 Å². The average molecular weight is 181 g/mol. The third kappa shape index (κ3) is 1.10. The van der Waals surface area contributed by atoms with Gasteiger partial charge in [-0.05, 0) is 18.5 Å². The molecule has 12 heavy (non-hydrogen) atoms. The first-order valence-electron chi connectivity index (χ1n) is 3.37. The van der Waals surface area contributed by atoms with E-state index < -0.39 is 0 Å². The lowest BCUT2D eigenvalue weighted by molar-refractivity contribution is 1.10. The number of halogens is 1. The van der Waals surface area contributed by atoms with Crippen LogP contribution in [0.5, 0.6) is 0 Å². The zero-order valence-corrected chi connectivity index (χ0v) is 7.08. The van der Waals surface area contributed by atoms with Crippen LogP contribution in [0.4, 0.5) is 0 Å². The van der Waals surface area contributed by atoms with E-state index in [1.165, 1.54) is 6.33 Å². The summed E-state index contributed by atoms with van der Waals surface area (Å²) in [5.41, 5.74) is 2.19. The van der Waals surface area contributed by atoms with Crippen molar-refractivity contribution in [1.82, 2.24) is 19.9 Å². The molecule has 0 unspecified atom stereocenters. The average Bonchev–Trinajstić information content (AvgIpc) is 2.04. The maximum atomic E-state index is 5.65. The summed E-state index contributed by atoms with van der Waals surface area (Å²) in [4.78, 5) is 15.8. The predicted molar refractivity (Wildman–Crippen MR) is 44.9 cm³/mol. The molecule has 2 aromatic rings. The van der Waals surface area contributed by atoms with Gasteiger partial charge in [0.15, 0.2) is 0 Å². The lowest BCUT2D eigenvalue weighted by Crippen LogP contribution is -1.92. The fraction of sp³-hybridized carbons (Fsp3) is 0.143. The number of aromatic nitrogens is 4. The highest BCUT2D eigenvalue weighted by molar-refractivity contribution is 6.28. The Bertz CT molecular complexity index is 429. The summed E-state index contributed by atoms with van der Waals surface area (Å²) in [7, 11) is 0. The second kappa shape index (κ2) is 2.64. The molecule has 2 heterocycles. The van der Waals surface area contributed by atoms with E-state index in [2.05, 4.69) is 19.9 Å². The third-order valence-corrected chi connectivity index (χ3v) is 1.68. The van der Waals surface area contributed by atoms with Crippen LogP contribution in [0.3, 0.4) is 0 Å². The largest absolute Gasteiger partial charge is 0.243 e. The van der Waals surface area contributed by atoms with Gasteiger partial charge in [0.2, 0.25) is 5.28 Å². The van der Waals surface area contributed by atoms with Gasteiger partial charge in [-0.3, -0.25) is 0 Å². The van der Waals surface area contributed by atoms with Gasteiger partial charge in [0.05, 0.1) is 11.9 Å². The molecule has 0 radical (unpaired) electrons. The van der Waals surface area contributed by atoms with Gasteiger partial charge in [0.25, 0.3) is 0 Å². The number of rotatable bonds is 0. The quantitative estimate of drug-likeness (QED) is 0.575. The summed E-state index contributed by atoms with van der Waals surface area (Å²) < 4.78 is 0. The SMILES string of the molecule is Cc1nc(Cl)nc2cncnc12. The van der Waals surface area contributed by atoms with Gasteiger partial charge < -0.3 is 0 Å². The molecule has 0 aliphatic heterocycles. The van der Waals surface area contributed by atoms with Crippen molar-refractivity contribution in [3.63, 3.8) is 0 Å². The Morgan fingerprint density at radius 2 is 2.17 bits per heavy atom. The second-order valence-electron chi connectivity index (χ2n) is 2.33. The van der Waals surface area contributed by atoms with E-state index in [9.17, 15) is 0 Å². The lowest BCUT2D eigenvalue weighted by atomic mass is 10.3. The topological polar surface area (TPSA) is 51.6 Å². The van der Waals surface area contributed by atoms with Crippen LogP contribution in [-0.2, 0) is 0 Å². The van der Waals surface area contributed by atoms with E-state index in [0.717, 1.165) is 11.2 Å². The highest BCUT2D eigenvalue weighted by atomic mass is 35.5. The molecule has 0 amide bonds. The van der Waals surface area contributed by atoms with Gasteiger partial charge in [-0.1, -0.05) is 0 Å². The van der Waals surface area contributed by atoms with E-state index in [0.29, 0.717) is 5.52 Å². The summed E-state index contributed by atoms with van der Waals surface area (Å²) in [6, 6.07) is 0. The Morgan fingerprint density at radius 1 is 1.33 bits per heavy atom. The van der Waals surface area contributed by atoms with Gasteiger partial charge in [0, 0.05) is 0 Å². The summed E-state index contributed by atoms with van der Waals surface area (Å²) >= 11 is 5.65. The highest BCUT2D eigenvalue weighted by Crippen LogP contribution is 2.12. The van der Waals surface area contributed by atoms with Crippen LogP contribution >= 0.6 is 11.6 Å². The minimum absolute atomic E-state index is 0.231. The first-order chi connectivity index (χ1) is 5.77. The molecule has 0 aliphatic carbocycles. The summed E-state index contributed by atoms with van der Waals surface area (Å²) in [5, 5.41) is 0.231. The number of hydrogen-bond donors (Lipinski definition) is 0. The van der Waals surface area contributed by atoms with E-state index in [-0.39, 0.29) is 5.28 Å². The Hall–Kier alpha value is -1.29. The normalized spacial score (nSPS) is 10.5. The highest BCUT2D eigenvalue weighted by Gasteiger charge is 2.02. The zero-order chi connectivity index (χ0) is 8.55. The molecule has 4 nitrogen and oxygen atoms in total. The number of aryl methyl sites for hydroxylation is 1. The van der Waals surface area contributed by atoms with E-state index in [4.69, 9.17) is 11.6 Å². The summed E-state index contributed by atoms with van der Waals surface area (Å²) in [6.45, 7) is 1.84. The molecule has 0 saturated heterocycles. The molecule has 5 heteroatoms. The molecule has 2 aromatic heterocycles. The molecular weight excluding hydrogens is 176 g/mol. The first-order valence-corrected chi connectivity index (χ1v) is 3.75. The Labute approximate surface area is 73.7 Å². The van der Waals surface area contributed by atoms with Crippen molar-refractivity contribution in [3.05, 3.63) is 23.5 Å². The van der Waals surface area contributed by atoms with Crippen molar-refractivity contribution in [1.29, 1.82) is 0 Å². The second-order valence-corrected chi connectivity index (χ2v) is 2.67. The van der Waals surface area contributed by atoms with Crippen molar-refractivity contribution in [2.75, 3.05) is 0 Å². The minimum Gasteiger partial charge on any atom is -0.243 e. The standard InChI is InChI=1S/C7H5ClN4/c1-4-6-5(2-9-3-10-6)12-7(8)11-4/h2-3H,1H3. The van der Waals surface area contributed by atoms with Gasteiger partial charge in [-0.25, -0.2) is 19.9 Å². The van der Waals surface area contributed by atoms with Crippen LogP contribution in [0.2, 0.25) is 5.28 Å². The molecule has 0 spiro atoms. The Kier molecular flexibility index (Phi) is 1.62. The van der Waals surface area contributed by atoms with Crippen LogP contribution in [0, 0.1) is 6.92 Å². The van der Waals surface area contributed by atoms with E-state index >= 15 is 0 Å². The maximum absolute atomic E-state index is 5.65. The fourth-order valence-corrected chi connectivity index (χ4v) is 1.22. The monoisotopic (exact) mass is 180 g/mol. The molecule has 60 valence electrons. The van der Waals surface area contributed by atoms with E-state index in [1.807, 2.05) is 6.92 Å². The molecule has 0 N–H and O–H groups in total. The number of hydrogen-bond acceptors (Lipinski definition) is 4. The zero-order valence-electron chi connectivity index (χ0n) is 6.32. The Balaban J connectivity index is 2.89. The van der Waals surface area contributed by atoms with Crippen molar-refractivity contribution in [2.45, 2.75) is 6.92 Å². The van der Waals surface area contributed by atoms with Crippen molar-refractivity contribution in [3.8, 4) is 0 Å². The Morgan fingerprint density at radius 3 is 3.00 bits per heavy atom. The lowest BCUT2D eigenvalue weighted by Gasteiger charge is -1.97. The van der Waals surface area contributed by atoms with Gasteiger partial charge >= 0.3 is 0 Å². The van der Waals surface area contributed by atoms with Crippen LogP contribution in [0.1, 0.15) is 5.69 Å². The molecule has 0 aliphatic rings. The molecule has 2 rings (SSSR count). The summed E-state index contributed by atoms with van der Waals surface area (Å²) in [5.74, 6) is 0. The molecule has 0 aromatic carbocycles. The molecule has 0 atom stereocenters. The van der Waals surface area contributed by atoms with Crippen molar-refractivity contribution >= 4 is 22.6 Å².